The molecule has 33 heavy (non-hydrogen) atoms. The van der Waals surface area contributed by atoms with E-state index in [4.69, 9.17) is 27.2 Å². The number of nitrogens with one attached hydrogen (secondary N) is 3. The predicted octanol–water partition coefficient (Wildman–Crippen LogP) is 3.44. The molecule has 5 rings (SSSR count). The number of anilines is 1. The first-order valence-electron chi connectivity index (χ1n) is 10.9. The molecule has 0 bridgehead atoms. The summed E-state index contributed by atoms with van der Waals surface area (Å²) in [5.74, 6) is 0.0841. The number of fused-ring (bicyclic) bond motifs is 2. The molecule has 1 amide bonds. The number of halogens is 1. The number of aromatic amines is 1. The number of aromatic nitrogens is 2. The van der Waals surface area contributed by atoms with Crippen LogP contribution in [0.4, 0.5) is 5.69 Å². The first-order chi connectivity index (χ1) is 15.9. The third-order valence-electron chi connectivity index (χ3n) is 6.59. The zero-order valence-corrected chi connectivity index (χ0v) is 19.0. The molecule has 0 radical (unpaired) electrons. The van der Waals surface area contributed by atoms with Gasteiger partial charge in [-0.3, -0.25) is 25.0 Å². The van der Waals surface area contributed by atoms with Crippen molar-refractivity contribution in [2.45, 2.75) is 32.3 Å². The molecule has 9 heteroatoms. The predicted molar refractivity (Wildman–Crippen MR) is 126 cm³/mol. The highest BCUT2D eigenvalue weighted by molar-refractivity contribution is 6.30. The van der Waals surface area contributed by atoms with Gasteiger partial charge in [-0.25, -0.2) is 0 Å². The molecule has 1 aromatic heterocycles. The van der Waals surface area contributed by atoms with E-state index >= 15 is 0 Å². The summed E-state index contributed by atoms with van der Waals surface area (Å²) in [5.41, 5.74) is 2.96. The Morgan fingerprint density at radius 2 is 2.06 bits per heavy atom. The van der Waals surface area contributed by atoms with Crippen LogP contribution in [0.3, 0.4) is 0 Å². The summed E-state index contributed by atoms with van der Waals surface area (Å²) in [6, 6.07) is 8.90. The number of methoxy groups -OCH3 is 1. The minimum absolute atomic E-state index is 0.0317. The van der Waals surface area contributed by atoms with Crippen LogP contribution in [0.5, 0.6) is 0 Å². The van der Waals surface area contributed by atoms with Gasteiger partial charge in [-0.1, -0.05) is 18.0 Å². The summed E-state index contributed by atoms with van der Waals surface area (Å²) in [4.78, 5) is 30.6. The Morgan fingerprint density at radius 3 is 2.76 bits per heavy atom. The van der Waals surface area contributed by atoms with Gasteiger partial charge in [-0.2, -0.15) is 0 Å². The van der Waals surface area contributed by atoms with Gasteiger partial charge in [-0.15, -0.1) is 0 Å². The van der Waals surface area contributed by atoms with Crippen molar-refractivity contribution in [1.82, 2.24) is 9.55 Å². The van der Waals surface area contributed by atoms with Crippen molar-refractivity contribution in [3.05, 3.63) is 67.9 Å². The molecule has 1 aliphatic heterocycles. The van der Waals surface area contributed by atoms with Crippen LogP contribution < -0.4 is 15.9 Å². The fourth-order valence-electron chi connectivity index (χ4n) is 4.64. The summed E-state index contributed by atoms with van der Waals surface area (Å²) >= 11 is 6.12. The largest absolute Gasteiger partial charge is 0.380 e. The third kappa shape index (κ3) is 3.59. The minimum Gasteiger partial charge on any atom is -0.380 e. The van der Waals surface area contributed by atoms with Crippen LogP contribution in [-0.4, -0.2) is 34.9 Å². The van der Waals surface area contributed by atoms with E-state index in [1.54, 1.807) is 30.2 Å². The number of carbonyl (C=O) groups excluding carboxylic acids is 1. The molecule has 0 spiro atoms. The molecular weight excluding hydrogens is 442 g/mol. The van der Waals surface area contributed by atoms with Crippen LogP contribution in [0.25, 0.3) is 11.0 Å². The fraction of sp³-hybridized carbons (Fsp3) is 0.333. The van der Waals surface area contributed by atoms with E-state index in [1.165, 1.54) is 4.57 Å². The molecule has 1 fully saturated rings. The second-order valence-corrected chi connectivity index (χ2v) is 9.03. The van der Waals surface area contributed by atoms with Crippen LogP contribution in [-0.2, 0) is 17.8 Å². The zero-order valence-electron chi connectivity index (χ0n) is 18.2. The Balaban J connectivity index is 1.66. The van der Waals surface area contributed by atoms with Crippen LogP contribution in [0.15, 0.2) is 35.1 Å². The second kappa shape index (κ2) is 8.28. The number of ether oxygens (including phenoxy) is 1. The molecule has 170 valence electrons. The smallest absolute Gasteiger partial charge is 0.291 e. The van der Waals surface area contributed by atoms with Crippen LogP contribution >= 0.6 is 11.6 Å². The number of nitrogens with zero attached hydrogens (tertiary/aromatic N) is 2. The zero-order chi connectivity index (χ0) is 23.3. The van der Waals surface area contributed by atoms with Gasteiger partial charge in [-0.05, 0) is 60.7 Å². The molecule has 2 heterocycles. The Kier molecular flexibility index (Phi) is 5.42. The lowest BCUT2D eigenvalue weighted by molar-refractivity contribution is 0.0984. The maximum absolute atomic E-state index is 13.6. The average Bonchev–Trinajstić information content (AvgIpc) is 3.16. The lowest BCUT2D eigenvalue weighted by Gasteiger charge is -2.28. The van der Waals surface area contributed by atoms with Crippen molar-refractivity contribution in [3.8, 4) is 0 Å². The normalized spacial score (nSPS) is 15.5. The van der Waals surface area contributed by atoms with Gasteiger partial charge in [0, 0.05) is 35.8 Å². The molecule has 1 saturated carbocycles. The van der Waals surface area contributed by atoms with Gasteiger partial charge in [0.1, 0.15) is 5.84 Å². The molecule has 2 aromatic carbocycles. The SMILES string of the molecule is COCc1cc2c(cc1C(=O)N1CCc3cc(Cl)ccc31)[nH]c(=O)c(=N)n2C(=N)C1CCC1. The lowest BCUT2D eigenvalue weighted by Crippen LogP contribution is -2.43. The Labute approximate surface area is 194 Å². The molecule has 1 aliphatic carbocycles. The maximum atomic E-state index is 13.6. The summed E-state index contributed by atoms with van der Waals surface area (Å²) in [6.45, 7) is 0.717. The number of amides is 1. The molecule has 0 unspecified atom stereocenters. The summed E-state index contributed by atoms with van der Waals surface area (Å²) < 4.78 is 6.78. The first kappa shape index (κ1) is 21.6. The monoisotopic (exact) mass is 465 g/mol. The Hall–Kier alpha value is -3.23. The standard InChI is InChI=1S/C24H24ClN5O3/c1-33-12-15-10-20-18(28-23(31)22(27)30(20)21(26)13-3-2-4-13)11-17(15)24(32)29-8-7-14-9-16(25)5-6-19(14)29/h5-6,9-11,13,26-27H,2-4,7-8,12H2,1H3,(H,28,31). The van der Waals surface area contributed by atoms with E-state index in [9.17, 15) is 9.59 Å². The quantitative estimate of drug-likeness (QED) is 0.405. The number of hydrogen-bond acceptors (Lipinski definition) is 5. The number of carbonyl (C=O) groups is 1. The van der Waals surface area contributed by atoms with Crippen LogP contribution in [0.1, 0.15) is 40.7 Å². The van der Waals surface area contributed by atoms with E-state index in [0.29, 0.717) is 40.1 Å². The van der Waals surface area contributed by atoms with E-state index in [0.717, 1.165) is 30.5 Å². The van der Waals surface area contributed by atoms with Crippen molar-refractivity contribution in [3.63, 3.8) is 0 Å². The molecule has 3 N–H and O–H groups in total. The highest BCUT2D eigenvalue weighted by Gasteiger charge is 2.29. The molecule has 0 saturated heterocycles. The van der Waals surface area contributed by atoms with Gasteiger partial charge in [0.2, 0.25) is 0 Å². The number of H-pyrrole nitrogens is 1. The van der Waals surface area contributed by atoms with Gasteiger partial charge < -0.3 is 14.6 Å². The highest BCUT2D eigenvalue weighted by Crippen LogP contribution is 2.33. The van der Waals surface area contributed by atoms with Crippen molar-refractivity contribution in [2.75, 3.05) is 18.6 Å². The third-order valence-corrected chi connectivity index (χ3v) is 6.83. The topological polar surface area (TPSA) is 115 Å². The van der Waals surface area contributed by atoms with Gasteiger partial charge in [0.05, 0.1) is 17.6 Å². The summed E-state index contributed by atoms with van der Waals surface area (Å²) in [7, 11) is 1.55. The summed E-state index contributed by atoms with van der Waals surface area (Å²) in [5, 5.41) is 17.6. The van der Waals surface area contributed by atoms with Crippen molar-refractivity contribution in [2.24, 2.45) is 5.92 Å². The maximum Gasteiger partial charge on any atom is 0.291 e. The highest BCUT2D eigenvalue weighted by atomic mass is 35.5. The van der Waals surface area contributed by atoms with Crippen LogP contribution in [0, 0.1) is 16.7 Å². The van der Waals surface area contributed by atoms with Crippen molar-refractivity contribution >= 4 is 40.1 Å². The summed E-state index contributed by atoms with van der Waals surface area (Å²) in [6.07, 6.45) is 3.50. The molecular formula is C24H24ClN5O3. The Morgan fingerprint density at radius 1 is 1.27 bits per heavy atom. The average molecular weight is 466 g/mol. The number of benzene rings is 2. The van der Waals surface area contributed by atoms with Crippen molar-refractivity contribution in [1.29, 1.82) is 10.8 Å². The van der Waals surface area contributed by atoms with Crippen molar-refractivity contribution < 1.29 is 9.53 Å². The van der Waals surface area contributed by atoms with Gasteiger partial charge >= 0.3 is 0 Å². The Bertz CT molecular complexity index is 1420. The fourth-order valence-corrected chi connectivity index (χ4v) is 4.83. The second-order valence-electron chi connectivity index (χ2n) is 8.59. The molecule has 0 atom stereocenters. The number of hydrogen-bond donors (Lipinski definition) is 3. The lowest BCUT2D eigenvalue weighted by atomic mass is 9.84. The molecule has 3 aromatic rings. The van der Waals surface area contributed by atoms with E-state index in [-0.39, 0.29) is 29.8 Å². The van der Waals surface area contributed by atoms with E-state index in [2.05, 4.69) is 4.98 Å². The number of rotatable bonds is 4. The van der Waals surface area contributed by atoms with E-state index in [1.807, 2.05) is 12.1 Å². The minimum atomic E-state index is -0.592. The van der Waals surface area contributed by atoms with Gasteiger partial charge in [0.15, 0.2) is 5.49 Å². The first-order valence-corrected chi connectivity index (χ1v) is 11.3. The molecule has 8 nitrogen and oxygen atoms in total. The van der Waals surface area contributed by atoms with Gasteiger partial charge in [0.25, 0.3) is 11.5 Å². The van der Waals surface area contributed by atoms with Crippen LogP contribution in [0.2, 0.25) is 5.02 Å². The van der Waals surface area contributed by atoms with E-state index < -0.39 is 5.56 Å². The molecule has 2 aliphatic rings.